The zero-order valence-corrected chi connectivity index (χ0v) is 12.0. The lowest BCUT2D eigenvalue weighted by Gasteiger charge is -2.22. The quantitative estimate of drug-likeness (QED) is 0.740. The second-order valence-electron chi connectivity index (χ2n) is 4.84. The highest BCUT2D eigenvalue weighted by molar-refractivity contribution is 8.03. The van der Waals surface area contributed by atoms with Gasteiger partial charge in [-0.3, -0.25) is 4.79 Å². The van der Waals surface area contributed by atoms with Gasteiger partial charge in [-0.05, 0) is 25.8 Å². The Kier molecular flexibility index (Phi) is 6.88. The van der Waals surface area contributed by atoms with E-state index in [0.29, 0.717) is 11.8 Å². The zero-order chi connectivity index (χ0) is 13.4. The largest absolute Gasteiger partial charge is 0.353 e. The van der Waals surface area contributed by atoms with Crippen LogP contribution in [0.15, 0.2) is 35.8 Å². The van der Waals surface area contributed by atoms with Crippen molar-refractivity contribution in [3.05, 3.63) is 35.8 Å². The maximum atomic E-state index is 11.7. The molecule has 0 aliphatic heterocycles. The van der Waals surface area contributed by atoms with Crippen molar-refractivity contribution >= 4 is 17.7 Å². The Morgan fingerprint density at radius 2 is 1.94 bits per heavy atom. The number of hydrogen-bond acceptors (Lipinski definition) is 2. The summed E-state index contributed by atoms with van der Waals surface area (Å²) in [4.78, 5) is 12.6. The van der Waals surface area contributed by atoms with Gasteiger partial charge in [0.2, 0.25) is 5.91 Å². The standard InChI is InChI=1S/C15H23NOS/c1-12(2)9-10-13(3)18-11-15(17)16-14-7-5-4-6-8-14/h9-10,14H,1,3-8,11H2,2H3,(H,16,17)/b10-9-. The van der Waals surface area contributed by atoms with Crippen LogP contribution in [0.4, 0.5) is 0 Å². The van der Waals surface area contributed by atoms with Crippen LogP contribution in [0.2, 0.25) is 0 Å². The predicted octanol–water partition coefficient (Wildman–Crippen LogP) is 3.81. The van der Waals surface area contributed by atoms with Gasteiger partial charge in [0, 0.05) is 10.9 Å². The molecular formula is C15H23NOS. The van der Waals surface area contributed by atoms with E-state index in [9.17, 15) is 4.79 Å². The van der Waals surface area contributed by atoms with Gasteiger partial charge in [-0.1, -0.05) is 44.1 Å². The van der Waals surface area contributed by atoms with Crippen molar-refractivity contribution in [3.63, 3.8) is 0 Å². The third-order valence-electron chi connectivity index (χ3n) is 2.91. The van der Waals surface area contributed by atoms with Crippen molar-refractivity contribution in [2.75, 3.05) is 5.75 Å². The normalized spacial score (nSPS) is 16.7. The van der Waals surface area contributed by atoms with Gasteiger partial charge in [0.1, 0.15) is 0 Å². The van der Waals surface area contributed by atoms with Crippen molar-refractivity contribution in [1.29, 1.82) is 0 Å². The Bertz CT molecular complexity index is 340. The van der Waals surface area contributed by atoms with Gasteiger partial charge in [-0.15, -0.1) is 11.8 Å². The molecule has 1 saturated carbocycles. The highest BCUT2D eigenvalue weighted by Crippen LogP contribution is 2.18. The second-order valence-corrected chi connectivity index (χ2v) is 5.94. The molecule has 0 heterocycles. The molecule has 0 radical (unpaired) electrons. The number of carbonyl (C=O) groups excluding carboxylic acids is 1. The number of nitrogens with one attached hydrogen (secondary N) is 1. The molecule has 0 unspecified atom stereocenters. The third-order valence-corrected chi connectivity index (χ3v) is 3.83. The highest BCUT2D eigenvalue weighted by Gasteiger charge is 2.15. The summed E-state index contributed by atoms with van der Waals surface area (Å²) in [7, 11) is 0. The Balaban J connectivity index is 2.19. The third kappa shape index (κ3) is 6.70. The molecule has 0 aromatic carbocycles. The van der Waals surface area contributed by atoms with Crippen LogP contribution in [0.3, 0.4) is 0 Å². The van der Waals surface area contributed by atoms with Crippen LogP contribution in [-0.2, 0) is 4.79 Å². The van der Waals surface area contributed by atoms with Crippen LogP contribution in [-0.4, -0.2) is 17.7 Å². The van der Waals surface area contributed by atoms with E-state index in [0.717, 1.165) is 23.3 Å². The Morgan fingerprint density at radius 1 is 1.28 bits per heavy atom. The van der Waals surface area contributed by atoms with E-state index in [-0.39, 0.29) is 5.91 Å². The number of amides is 1. The summed E-state index contributed by atoms with van der Waals surface area (Å²) >= 11 is 1.48. The molecule has 0 aromatic rings. The minimum absolute atomic E-state index is 0.122. The number of hydrogen-bond donors (Lipinski definition) is 1. The average molecular weight is 265 g/mol. The van der Waals surface area contributed by atoms with Crippen LogP contribution in [0, 0.1) is 0 Å². The first kappa shape index (κ1) is 15.1. The molecule has 3 heteroatoms. The highest BCUT2D eigenvalue weighted by atomic mass is 32.2. The maximum absolute atomic E-state index is 11.7. The number of thioether (sulfide) groups is 1. The number of carbonyl (C=O) groups is 1. The SMILES string of the molecule is C=C(C)/C=C\C(=C)SCC(=O)NC1CCCCC1. The smallest absolute Gasteiger partial charge is 0.230 e. The van der Waals surface area contributed by atoms with Crippen molar-refractivity contribution in [2.45, 2.75) is 45.1 Å². The summed E-state index contributed by atoms with van der Waals surface area (Å²) in [6.45, 7) is 9.62. The lowest BCUT2D eigenvalue weighted by molar-refractivity contribution is -0.119. The maximum Gasteiger partial charge on any atom is 0.230 e. The van der Waals surface area contributed by atoms with Crippen LogP contribution in [0.5, 0.6) is 0 Å². The molecular weight excluding hydrogens is 242 g/mol. The molecule has 1 aliphatic rings. The van der Waals surface area contributed by atoms with Crippen molar-refractivity contribution < 1.29 is 4.79 Å². The lowest BCUT2D eigenvalue weighted by Crippen LogP contribution is -2.37. The summed E-state index contributed by atoms with van der Waals surface area (Å²) < 4.78 is 0. The molecule has 0 atom stereocenters. The predicted molar refractivity (Wildman–Crippen MR) is 80.6 cm³/mol. The molecule has 1 aliphatic carbocycles. The topological polar surface area (TPSA) is 29.1 Å². The van der Waals surface area contributed by atoms with Gasteiger partial charge in [0.05, 0.1) is 5.75 Å². The number of rotatable bonds is 6. The fraction of sp³-hybridized carbons (Fsp3) is 0.533. The molecule has 0 bridgehead atoms. The molecule has 1 fully saturated rings. The minimum Gasteiger partial charge on any atom is -0.353 e. The Morgan fingerprint density at radius 3 is 2.56 bits per heavy atom. The van der Waals surface area contributed by atoms with E-state index in [1.54, 1.807) is 0 Å². The van der Waals surface area contributed by atoms with Crippen LogP contribution in [0.25, 0.3) is 0 Å². The van der Waals surface area contributed by atoms with Crippen molar-refractivity contribution in [1.82, 2.24) is 5.32 Å². The lowest BCUT2D eigenvalue weighted by atomic mass is 9.95. The molecule has 18 heavy (non-hydrogen) atoms. The van der Waals surface area contributed by atoms with E-state index in [1.807, 2.05) is 19.1 Å². The number of allylic oxidation sites excluding steroid dienone is 3. The van der Waals surface area contributed by atoms with Crippen molar-refractivity contribution in [3.8, 4) is 0 Å². The molecule has 0 saturated heterocycles. The Labute approximate surface area is 115 Å². The van der Waals surface area contributed by atoms with Crippen LogP contribution in [0.1, 0.15) is 39.0 Å². The van der Waals surface area contributed by atoms with Crippen LogP contribution >= 0.6 is 11.8 Å². The fourth-order valence-corrected chi connectivity index (χ4v) is 2.52. The van der Waals surface area contributed by atoms with Gasteiger partial charge in [0.15, 0.2) is 0 Å². The van der Waals surface area contributed by atoms with E-state index in [1.165, 1.54) is 31.0 Å². The van der Waals surface area contributed by atoms with Gasteiger partial charge >= 0.3 is 0 Å². The molecule has 1 N–H and O–H groups in total. The van der Waals surface area contributed by atoms with Crippen LogP contribution < -0.4 is 5.32 Å². The summed E-state index contributed by atoms with van der Waals surface area (Å²) in [6, 6.07) is 0.395. The Hall–Kier alpha value is -0.960. The summed E-state index contributed by atoms with van der Waals surface area (Å²) in [5.41, 5.74) is 0.989. The van der Waals surface area contributed by atoms with Gasteiger partial charge in [-0.2, -0.15) is 0 Å². The minimum atomic E-state index is 0.122. The fourth-order valence-electron chi connectivity index (χ4n) is 1.96. The van der Waals surface area contributed by atoms with Gasteiger partial charge in [0.25, 0.3) is 0 Å². The molecule has 2 nitrogen and oxygen atoms in total. The summed E-state index contributed by atoms with van der Waals surface area (Å²) in [6.07, 6.45) is 9.87. The second kappa shape index (κ2) is 8.20. The van der Waals surface area contributed by atoms with E-state index in [2.05, 4.69) is 18.5 Å². The molecule has 100 valence electrons. The summed E-state index contributed by atoms with van der Waals surface area (Å²) in [5, 5.41) is 3.10. The first-order valence-corrected chi connectivity index (χ1v) is 7.51. The molecule has 0 aromatic heterocycles. The van der Waals surface area contributed by atoms with Crippen molar-refractivity contribution in [2.24, 2.45) is 0 Å². The van der Waals surface area contributed by atoms with E-state index >= 15 is 0 Å². The molecule has 0 spiro atoms. The molecule has 1 amide bonds. The first-order chi connectivity index (χ1) is 8.58. The monoisotopic (exact) mass is 265 g/mol. The van der Waals surface area contributed by atoms with Gasteiger partial charge < -0.3 is 5.32 Å². The first-order valence-electron chi connectivity index (χ1n) is 6.52. The van der Waals surface area contributed by atoms with E-state index < -0.39 is 0 Å². The van der Waals surface area contributed by atoms with E-state index in [4.69, 9.17) is 0 Å². The van der Waals surface area contributed by atoms with Gasteiger partial charge in [-0.25, -0.2) is 0 Å². The summed E-state index contributed by atoms with van der Waals surface area (Å²) in [5.74, 6) is 0.576. The zero-order valence-electron chi connectivity index (χ0n) is 11.2. The molecule has 1 rings (SSSR count). The average Bonchev–Trinajstić information content (AvgIpc) is 2.35.